The second-order valence-electron chi connectivity index (χ2n) is 6.43. The molecule has 0 saturated carbocycles. The van der Waals surface area contributed by atoms with Crippen molar-refractivity contribution in [3.05, 3.63) is 68.2 Å². The van der Waals surface area contributed by atoms with E-state index in [1.54, 1.807) is 32.0 Å². The highest BCUT2D eigenvalue weighted by Gasteiger charge is 2.27. The van der Waals surface area contributed by atoms with Crippen LogP contribution in [0.3, 0.4) is 0 Å². The Morgan fingerprint density at radius 2 is 1.90 bits per heavy atom. The maximum absolute atomic E-state index is 12.9. The average Bonchev–Trinajstić information content (AvgIpc) is 2.67. The molecule has 1 unspecified atom stereocenters. The molecule has 0 fully saturated rings. The molecule has 8 nitrogen and oxygen atoms in total. The van der Waals surface area contributed by atoms with Gasteiger partial charge in [0.1, 0.15) is 5.75 Å². The second kappa shape index (κ2) is 10.0. The molecule has 29 heavy (non-hydrogen) atoms. The molecule has 0 heterocycles. The predicted molar refractivity (Wildman–Crippen MR) is 110 cm³/mol. The van der Waals surface area contributed by atoms with Gasteiger partial charge >= 0.3 is 5.97 Å². The summed E-state index contributed by atoms with van der Waals surface area (Å²) in [5.41, 5.74) is 0.288. The van der Waals surface area contributed by atoms with Crippen LogP contribution in [0.25, 0.3) is 0 Å². The maximum Gasteiger partial charge on any atom is 0.308 e. The Hall–Kier alpha value is -2.94. The lowest BCUT2D eigenvalue weighted by atomic mass is 10.0. The Morgan fingerprint density at radius 3 is 2.52 bits per heavy atom. The molecule has 0 aliphatic rings. The lowest BCUT2D eigenvalue weighted by Crippen LogP contribution is -2.31. The number of esters is 1. The molecule has 0 saturated heterocycles. The summed E-state index contributed by atoms with van der Waals surface area (Å²) in [5, 5.41) is 14.1. The minimum atomic E-state index is -0.951. The Kier molecular flexibility index (Phi) is 7.72. The van der Waals surface area contributed by atoms with Crippen LogP contribution in [-0.2, 0) is 9.53 Å². The third-order valence-electron chi connectivity index (χ3n) is 3.97. The van der Waals surface area contributed by atoms with Crippen LogP contribution in [0.1, 0.15) is 42.2 Å². The van der Waals surface area contributed by atoms with E-state index in [2.05, 4.69) is 21.2 Å². The van der Waals surface area contributed by atoms with Crippen molar-refractivity contribution in [3.63, 3.8) is 0 Å². The zero-order chi connectivity index (χ0) is 21.6. The summed E-state index contributed by atoms with van der Waals surface area (Å²) in [5.74, 6) is -0.621. The summed E-state index contributed by atoms with van der Waals surface area (Å²) < 4.78 is 10.8. The van der Waals surface area contributed by atoms with Crippen molar-refractivity contribution in [1.82, 2.24) is 5.32 Å². The highest BCUT2D eigenvalue weighted by molar-refractivity contribution is 9.10. The monoisotopic (exact) mass is 464 g/mol. The van der Waals surface area contributed by atoms with E-state index in [9.17, 15) is 19.7 Å². The first-order valence-electron chi connectivity index (χ1n) is 8.80. The average molecular weight is 465 g/mol. The molecule has 2 rings (SSSR count). The number of rotatable bonds is 8. The zero-order valence-corrected chi connectivity index (χ0v) is 17.8. The van der Waals surface area contributed by atoms with Crippen LogP contribution in [0, 0.1) is 10.1 Å². The number of carbonyl (C=O) groups is 2. The van der Waals surface area contributed by atoms with Crippen LogP contribution >= 0.6 is 15.9 Å². The van der Waals surface area contributed by atoms with Crippen LogP contribution in [0.15, 0.2) is 46.9 Å². The fraction of sp³-hybridized carbons (Fsp3) is 0.300. The lowest BCUT2D eigenvalue weighted by molar-refractivity contribution is -0.385. The first kappa shape index (κ1) is 22.4. The molecule has 0 spiro atoms. The lowest BCUT2D eigenvalue weighted by Gasteiger charge is -2.20. The topological polar surface area (TPSA) is 108 Å². The third kappa shape index (κ3) is 6.02. The van der Waals surface area contributed by atoms with Gasteiger partial charge in [0.2, 0.25) is 0 Å². The Balaban J connectivity index is 2.39. The van der Waals surface area contributed by atoms with Gasteiger partial charge in [-0.05, 0) is 48.0 Å². The van der Waals surface area contributed by atoms with E-state index >= 15 is 0 Å². The van der Waals surface area contributed by atoms with Gasteiger partial charge in [-0.1, -0.05) is 18.2 Å². The van der Waals surface area contributed by atoms with Crippen molar-refractivity contribution in [2.75, 3.05) is 7.11 Å². The number of halogens is 1. The second-order valence-corrected chi connectivity index (χ2v) is 7.28. The zero-order valence-electron chi connectivity index (χ0n) is 16.2. The highest BCUT2D eigenvalue weighted by atomic mass is 79.9. The largest absolute Gasteiger partial charge is 0.497 e. The van der Waals surface area contributed by atoms with Crippen LogP contribution < -0.4 is 10.1 Å². The van der Waals surface area contributed by atoms with Gasteiger partial charge in [-0.15, -0.1) is 0 Å². The van der Waals surface area contributed by atoms with Crippen LogP contribution in [0.2, 0.25) is 0 Å². The number of nitro groups is 1. The first-order chi connectivity index (χ1) is 13.7. The van der Waals surface area contributed by atoms with Gasteiger partial charge in [0.25, 0.3) is 11.6 Å². The number of hydrogen-bond acceptors (Lipinski definition) is 6. The van der Waals surface area contributed by atoms with Gasteiger partial charge in [0, 0.05) is 10.5 Å². The fourth-order valence-electron chi connectivity index (χ4n) is 2.71. The van der Waals surface area contributed by atoms with Crippen molar-refractivity contribution in [3.8, 4) is 5.75 Å². The number of hydrogen-bond donors (Lipinski definition) is 1. The van der Waals surface area contributed by atoms with E-state index in [4.69, 9.17) is 9.47 Å². The van der Waals surface area contributed by atoms with E-state index < -0.39 is 22.8 Å². The molecule has 0 aliphatic heterocycles. The van der Waals surface area contributed by atoms with Crippen molar-refractivity contribution >= 4 is 33.5 Å². The third-order valence-corrected chi connectivity index (χ3v) is 4.66. The van der Waals surface area contributed by atoms with Gasteiger partial charge in [-0.3, -0.25) is 19.7 Å². The predicted octanol–water partition coefficient (Wildman–Crippen LogP) is 4.18. The highest BCUT2D eigenvalue weighted by Crippen LogP contribution is 2.29. The number of methoxy groups -OCH3 is 1. The Labute approximate surface area is 176 Å². The van der Waals surface area contributed by atoms with Crippen molar-refractivity contribution in [2.45, 2.75) is 32.4 Å². The van der Waals surface area contributed by atoms with Crippen molar-refractivity contribution in [1.29, 1.82) is 0 Å². The standard InChI is InChI=1S/C20H21BrN2O6/c1-12(2)29-19(24)11-17(14-6-4-5-7-18(14)23(26)27)22-20(25)15-10-13(28-3)8-9-16(15)21/h4-10,12,17H,11H2,1-3H3,(H,22,25). The molecule has 0 bridgehead atoms. The molecule has 2 aromatic carbocycles. The summed E-state index contributed by atoms with van der Waals surface area (Å²) in [6.45, 7) is 3.40. The van der Waals surface area contributed by atoms with Gasteiger partial charge in [-0.25, -0.2) is 0 Å². The van der Waals surface area contributed by atoms with E-state index in [1.807, 2.05) is 0 Å². The summed E-state index contributed by atoms with van der Waals surface area (Å²) >= 11 is 3.31. The number of para-hydroxylation sites is 1. The molecule has 0 radical (unpaired) electrons. The maximum atomic E-state index is 12.9. The summed E-state index contributed by atoms with van der Waals surface area (Å²) in [4.78, 5) is 36.0. The number of nitrogens with one attached hydrogen (secondary N) is 1. The fourth-order valence-corrected chi connectivity index (χ4v) is 3.13. The molecule has 1 atom stereocenters. The van der Waals surface area contributed by atoms with Gasteiger partial charge in [0.05, 0.1) is 41.7 Å². The number of nitrogens with zero attached hydrogens (tertiary/aromatic N) is 1. The van der Waals surface area contributed by atoms with E-state index in [-0.39, 0.29) is 29.3 Å². The van der Waals surface area contributed by atoms with Crippen LogP contribution in [-0.4, -0.2) is 30.0 Å². The SMILES string of the molecule is COc1ccc(Br)c(C(=O)NC(CC(=O)OC(C)C)c2ccccc2[N+](=O)[O-])c1. The van der Waals surface area contributed by atoms with Gasteiger partial charge in [-0.2, -0.15) is 0 Å². The quantitative estimate of drug-likeness (QED) is 0.356. The summed E-state index contributed by atoms with van der Waals surface area (Å²) in [6.07, 6.45) is -0.603. The molecule has 1 N–H and O–H groups in total. The minimum Gasteiger partial charge on any atom is -0.497 e. The van der Waals surface area contributed by atoms with Crippen molar-refractivity contribution < 1.29 is 24.0 Å². The van der Waals surface area contributed by atoms with Crippen LogP contribution in [0.5, 0.6) is 5.75 Å². The Bertz CT molecular complexity index is 916. The number of ether oxygens (including phenoxy) is 2. The number of carbonyl (C=O) groups excluding carboxylic acids is 2. The van der Waals surface area contributed by atoms with E-state index in [0.29, 0.717) is 10.2 Å². The molecule has 2 aromatic rings. The minimum absolute atomic E-state index is 0.195. The van der Waals surface area contributed by atoms with E-state index in [1.165, 1.54) is 31.4 Å². The number of benzene rings is 2. The molecule has 0 aliphatic carbocycles. The molecular formula is C20H21BrN2O6. The summed E-state index contributed by atoms with van der Waals surface area (Å²) in [6, 6.07) is 9.87. The first-order valence-corrected chi connectivity index (χ1v) is 9.59. The van der Waals surface area contributed by atoms with Gasteiger partial charge < -0.3 is 14.8 Å². The summed E-state index contributed by atoms with van der Waals surface area (Å²) in [7, 11) is 1.48. The molecular weight excluding hydrogens is 444 g/mol. The molecule has 1 amide bonds. The number of amides is 1. The number of nitro benzene ring substituents is 1. The molecule has 0 aromatic heterocycles. The normalized spacial score (nSPS) is 11.6. The van der Waals surface area contributed by atoms with E-state index in [0.717, 1.165) is 0 Å². The Morgan fingerprint density at radius 1 is 1.21 bits per heavy atom. The smallest absolute Gasteiger partial charge is 0.308 e. The van der Waals surface area contributed by atoms with Gasteiger partial charge in [0.15, 0.2) is 0 Å². The molecule has 154 valence electrons. The molecule has 9 heteroatoms. The van der Waals surface area contributed by atoms with Crippen LogP contribution in [0.4, 0.5) is 5.69 Å². The van der Waals surface area contributed by atoms with Crippen molar-refractivity contribution in [2.24, 2.45) is 0 Å².